The summed E-state index contributed by atoms with van der Waals surface area (Å²) in [6, 6.07) is 2.06. The van der Waals surface area contributed by atoms with Crippen LogP contribution in [0, 0.1) is 0 Å². The van der Waals surface area contributed by atoms with Crippen LogP contribution in [0.3, 0.4) is 0 Å². The molecule has 5 nitrogen and oxygen atoms in total. The molecule has 0 aliphatic carbocycles. The summed E-state index contributed by atoms with van der Waals surface area (Å²) in [5, 5.41) is 3.28. The van der Waals surface area contributed by atoms with Crippen molar-refractivity contribution in [1.82, 2.24) is 10.0 Å². The Bertz CT molecular complexity index is 568. The summed E-state index contributed by atoms with van der Waals surface area (Å²) in [6.07, 6.45) is 0. The van der Waals surface area contributed by atoms with E-state index < -0.39 is 15.6 Å². The Kier molecular flexibility index (Phi) is 6.82. The van der Waals surface area contributed by atoms with E-state index in [1.54, 1.807) is 27.0 Å². The third kappa shape index (κ3) is 5.96. The highest BCUT2D eigenvalue weighted by molar-refractivity contribution is 9.11. The fourth-order valence-electron chi connectivity index (χ4n) is 1.78. The van der Waals surface area contributed by atoms with Gasteiger partial charge in [0.05, 0.1) is 15.9 Å². The van der Waals surface area contributed by atoms with E-state index in [9.17, 15) is 8.42 Å². The van der Waals surface area contributed by atoms with Crippen LogP contribution in [-0.2, 0) is 21.3 Å². The van der Waals surface area contributed by atoms with Gasteiger partial charge in [0.15, 0.2) is 0 Å². The molecule has 1 aromatic rings. The molecule has 0 aliphatic rings. The van der Waals surface area contributed by atoms with Crippen molar-refractivity contribution in [3.05, 3.63) is 14.7 Å². The maximum Gasteiger partial charge on any atom is 0.243 e. The summed E-state index contributed by atoms with van der Waals surface area (Å²) in [4.78, 5) is 1.25. The van der Waals surface area contributed by atoms with Gasteiger partial charge in [0.2, 0.25) is 10.0 Å². The van der Waals surface area contributed by atoms with Crippen LogP contribution in [0.5, 0.6) is 0 Å². The monoisotopic (exact) mass is 398 g/mol. The van der Waals surface area contributed by atoms with E-state index in [1.807, 2.05) is 0 Å². The van der Waals surface area contributed by atoms with Crippen LogP contribution in [0.2, 0.25) is 0 Å². The lowest BCUT2D eigenvalue weighted by molar-refractivity contribution is 0.141. The molecule has 0 bridgehead atoms. The first-order valence-electron chi connectivity index (χ1n) is 6.62. The van der Waals surface area contributed by atoms with Gasteiger partial charge < -0.3 is 10.1 Å². The number of hydrogen-bond donors (Lipinski definition) is 2. The lowest BCUT2D eigenvalue weighted by atomic mass is 10.1. The fraction of sp³-hybridized carbons (Fsp3) is 0.692. The van der Waals surface area contributed by atoms with E-state index in [4.69, 9.17) is 4.74 Å². The molecule has 8 heteroatoms. The molecule has 0 aromatic carbocycles. The second kappa shape index (κ2) is 7.52. The van der Waals surface area contributed by atoms with Crippen molar-refractivity contribution in [3.8, 4) is 0 Å². The zero-order chi connectivity index (χ0) is 16.3. The highest BCUT2D eigenvalue weighted by atomic mass is 79.9. The van der Waals surface area contributed by atoms with Gasteiger partial charge in [-0.05, 0) is 35.8 Å². The SMILES string of the molecule is COCC(C)(C)NS(=O)(=O)c1cc(CNC(C)C)sc1Br. The van der Waals surface area contributed by atoms with Crippen molar-refractivity contribution in [2.75, 3.05) is 13.7 Å². The molecule has 0 spiro atoms. The van der Waals surface area contributed by atoms with Crippen molar-refractivity contribution < 1.29 is 13.2 Å². The van der Waals surface area contributed by atoms with E-state index in [2.05, 4.69) is 39.8 Å². The van der Waals surface area contributed by atoms with E-state index in [-0.39, 0.29) is 4.90 Å². The minimum Gasteiger partial charge on any atom is -0.383 e. The Morgan fingerprint density at radius 2 is 2.05 bits per heavy atom. The number of methoxy groups -OCH3 is 1. The maximum absolute atomic E-state index is 12.5. The van der Waals surface area contributed by atoms with E-state index in [0.29, 0.717) is 23.0 Å². The van der Waals surface area contributed by atoms with Crippen LogP contribution < -0.4 is 10.0 Å². The molecule has 0 unspecified atom stereocenters. The first-order valence-corrected chi connectivity index (χ1v) is 9.71. The summed E-state index contributed by atoms with van der Waals surface area (Å²) in [5.74, 6) is 0. The maximum atomic E-state index is 12.5. The molecule has 21 heavy (non-hydrogen) atoms. The summed E-state index contributed by atoms with van der Waals surface area (Å²) < 4.78 is 33.3. The van der Waals surface area contributed by atoms with Crippen LogP contribution in [-0.4, -0.2) is 33.7 Å². The molecular weight excluding hydrogens is 376 g/mol. The smallest absolute Gasteiger partial charge is 0.243 e. The largest absolute Gasteiger partial charge is 0.383 e. The van der Waals surface area contributed by atoms with Gasteiger partial charge in [-0.25, -0.2) is 13.1 Å². The van der Waals surface area contributed by atoms with Crippen LogP contribution in [0.15, 0.2) is 14.7 Å². The summed E-state index contributed by atoms with van der Waals surface area (Å²) in [6.45, 7) is 8.63. The number of hydrogen-bond acceptors (Lipinski definition) is 5. The zero-order valence-corrected chi connectivity index (χ0v) is 16.2. The number of nitrogens with one attached hydrogen (secondary N) is 2. The Morgan fingerprint density at radius 1 is 1.43 bits per heavy atom. The zero-order valence-electron chi connectivity index (χ0n) is 13.0. The fourth-order valence-corrected chi connectivity index (χ4v) is 5.82. The van der Waals surface area contributed by atoms with Gasteiger partial charge >= 0.3 is 0 Å². The third-order valence-electron chi connectivity index (χ3n) is 2.60. The molecule has 1 rings (SSSR count). The molecule has 1 aromatic heterocycles. The molecule has 0 aliphatic heterocycles. The van der Waals surface area contributed by atoms with Gasteiger partial charge in [-0.1, -0.05) is 13.8 Å². The van der Waals surface area contributed by atoms with Crippen molar-refractivity contribution in [2.45, 2.75) is 50.7 Å². The topological polar surface area (TPSA) is 67.4 Å². The van der Waals surface area contributed by atoms with Crippen molar-refractivity contribution >= 4 is 37.3 Å². The number of thiophene rings is 1. The predicted molar refractivity (Wildman–Crippen MR) is 90.3 cm³/mol. The minimum absolute atomic E-state index is 0.275. The number of halogens is 1. The van der Waals surface area contributed by atoms with Gasteiger partial charge in [-0.15, -0.1) is 11.3 Å². The number of rotatable bonds is 8. The van der Waals surface area contributed by atoms with Crippen LogP contribution in [0.1, 0.15) is 32.6 Å². The summed E-state index contributed by atoms with van der Waals surface area (Å²) in [7, 11) is -2.03. The standard InChI is InChI=1S/C13H23BrN2O3S2/c1-9(2)15-7-10-6-11(12(14)20-10)21(17,18)16-13(3,4)8-19-5/h6,9,15-16H,7-8H2,1-5H3. The van der Waals surface area contributed by atoms with E-state index in [0.717, 1.165) is 4.88 Å². The van der Waals surface area contributed by atoms with Gasteiger partial charge in [0.25, 0.3) is 0 Å². The number of sulfonamides is 1. The highest BCUT2D eigenvalue weighted by Crippen LogP contribution is 2.32. The van der Waals surface area contributed by atoms with Crippen molar-refractivity contribution in [2.24, 2.45) is 0 Å². The molecule has 0 fully saturated rings. The minimum atomic E-state index is -3.58. The summed E-state index contributed by atoms with van der Waals surface area (Å²) in [5.41, 5.74) is -0.661. The third-order valence-corrected chi connectivity index (χ3v) is 6.55. The van der Waals surface area contributed by atoms with Gasteiger partial charge in [-0.2, -0.15) is 0 Å². The predicted octanol–water partition coefficient (Wildman–Crippen LogP) is 2.71. The highest BCUT2D eigenvalue weighted by Gasteiger charge is 2.29. The molecule has 0 amide bonds. The van der Waals surface area contributed by atoms with Crippen LogP contribution in [0.4, 0.5) is 0 Å². The molecule has 0 atom stereocenters. The van der Waals surface area contributed by atoms with E-state index in [1.165, 1.54) is 11.3 Å². The summed E-state index contributed by atoms with van der Waals surface area (Å²) >= 11 is 4.77. The van der Waals surface area contributed by atoms with Crippen LogP contribution >= 0.6 is 27.3 Å². The molecular formula is C13H23BrN2O3S2. The van der Waals surface area contributed by atoms with Crippen molar-refractivity contribution in [1.29, 1.82) is 0 Å². The molecule has 1 heterocycles. The second-order valence-corrected chi connectivity index (χ2v) is 9.91. The van der Waals surface area contributed by atoms with Gasteiger partial charge in [-0.3, -0.25) is 0 Å². The first-order chi connectivity index (χ1) is 9.57. The Morgan fingerprint density at radius 3 is 2.57 bits per heavy atom. The first kappa shape index (κ1) is 19.1. The van der Waals surface area contributed by atoms with Crippen molar-refractivity contribution in [3.63, 3.8) is 0 Å². The number of ether oxygens (including phenoxy) is 1. The average molecular weight is 399 g/mol. The Hall–Kier alpha value is 0.01000. The lowest BCUT2D eigenvalue weighted by Crippen LogP contribution is -2.46. The van der Waals surface area contributed by atoms with Crippen LogP contribution in [0.25, 0.3) is 0 Å². The normalized spacial score (nSPS) is 13.1. The molecule has 0 radical (unpaired) electrons. The van der Waals surface area contributed by atoms with Gasteiger partial charge in [0, 0.05) is 24.6 Å². The molecule has 2 N–H and O–H groups in total. The second-order valence-electron chi connectivity index (χ2n) is 5.81. The van der Waals surface area contributed by atoms with Gasteiger partial charge in [0.1, 0.15) is 4.90 Å². The average Bonchev–Trinajstić information content (AvgIpc) is 2.67. The lowest BCUT2D eigenvalue weighted by Gasteiger charge is -2.24. The Labute approximate surface area is 139 Å². The Balaban J connectivity index is 2.93. The molecule has 0 saturated heterocycles. The van der Waals surface area contributed by atoms with E-state index >= 15 is 0 Å². The quantitative estimate of drug-likeness (QED) is 0.706. The molecule has 122 valence electrons. The molecule has 0 saturated carbocycles.